The van der Waals surface area contributed by atoms with E-state index in [1.807, 2.05) is 19.1 Å². The molecule has 3 rings (SSSR count). The lowest BCUT2D eigenvalue weighted by Crippen LogP contribution is -2.26. The van der Waals surface area contributed by atoms with Gasteiger partial charge >= 0.3 is 5.97 Å². The highest BCUT2D eigenvalue weighted by Gasteiger charge is 2.29. The molecule has 5 heteroatoms. The van der Waals surface area contributed by atoms with Crippen LogP contribution in [0, 0.1) is 18.8 Å². The van der Waals surface area contributed by atoms with E-state index >= 15 is 0 Å². The summed E-state index contributed by atoms with van der Waals surface area (Å²) in [5.41, 5.74) is 4.97. The van der Waals surface area contributed by atoms with E-state index in [1.54, 1.807) is 0 Å². The lowest BCUT2D eigenvalue weighted by molar-refractivity contribution is -0.143. The van der Waals surface area contributed by atoms with Gasteiger partial charge in [-0.25, -0.2) is 0 Å². The summed E-state index contributed by atoms with van der Waals surface area (Å²) in [6.07, 6.45) is 3.92. The van der Waals surface area contributed by atoms with Gasteiger partial charge in [0.1, 0.15) is 11.4 Å². The molecule has 0 saturated carbocycles. The summed E-state index contributed by atoms with van der Waals surface area (Å²) in [6, 6.07) is 8.10. The van der Waals surface area contributed by atoms with Crippen LogP contribution in [0.3, 0.4) is 0 Å². The molecule has 1 aliphatic rings. The van der Waals surface area contributed by atoms with Crippen molar-refractivity contribution in [1.82, 2.24) is 10.2 Å². The largest absolute Gasteiger partial charge is 0.493 e. The van der Waals surface area contributed by atoms with Crippen molar-refractivity contribution >= 4 is 5.97 Å². The fraction of sp³-hybridized carbons (Fsp3) is 0.480. The minimum atomic E-state index is -0.137. The first-order valence-electron chi connectivity index (χ1n) is 10.7. The molecular formula is C25H30N2O3. The number of aromatic nitrogens is 2. The summed E-state index contributed by atoms with van der Waals surface area (Å²) in [5, 5.41) is 8.51. The number of unbranched alkanes of at least 4 members (excludes halogenated alkanes) is 1. The van der Waals surface area contributed by atoms with Crippen LogP contribution in [0.25, 0.3) is 0 Å². The molecule has 158 valence electrons. The SMILES string of the molecule is CCOC(=O)CCCCc1ccc(C#Cc2cc3c(cc2C)OCCC3(C)C)nn1. The molecule has 1 aromatic carbocycles. The second kappa shape index (κ2) is 9.75. The van der Waals surface area contributed by atoms with Gasteiger partial charge in [0.25, 0.3) is 0 Å². The van der Waals surface area contributed by atoms with Crippen molar-refractivity contribution in [2.24, 2.45) is 0 Å². The molecule has 0 unspecified atom stereocenters. The van der Waals surface area contributed by atoms with Crippen LogP contribution >= 0.6 is 0 Å². The second-order valence-corrected chi connectivity index (χ2v) is 8.32. The predicted octanol–water partition coefficient (Wildman–Crippen LogP) is 4.52. The first-order chi connectivity index (χ1) is 14.4. The van der Waals surface area contributed by atoms with Crippen molar-refractivity contribution in [3.05, 3.63) is 52.3 Å². The van der Waals surface area contributed by atoms with Gasteiger partial charge in [0.2, 0.25) is 0 Å². The number of hydrogen-bond donors (Lipinski definition) is 0. The molecule has 2 heterocycles. The number of ether oxygens (including phenoxy) is 2. The van der Waals surface area contributed by atoms with E-state index in [9.17, 15) is 4.79 Å². The number of aryl methyl sites for hydroxylation is 2. The maximum absolute atomic E-state index is 11.4. The molecule has 0 aliphatic carbocycles. The van der Waals surface area contributed by atoms with Gasteiger partial charge in [0.05, 0.1) is 18.9 Å². The molecule has 0 radical (unpaired) electrons. The molecule has 1 aliphatic heterocycles. The van der Waals surface area contributed by atoms with Crippen molar-refractivity contribution in [2.75, 3.05) is 13.2 Å². The molecule has 0 N–H and O–H groups in total. The standard InChI is InChI=1S/C25H30N2O3/c1-5-29-24(28)9-7-6-8-20-12-13-21(27-26-20)11-10-19-17-22-23(16-18(19)2)30-15-14-25(22,3)4/h12-13,16-17H,5-9,14-15H2,1-4H3. The Balaban J connectivity index is 1.62. The average molecular weight is 407 g/mol. The summed E-state index contributed by atoms with van der Waals surface area (Å²) in [6.45, 7) is 9.56. The number of fused-ring (bicyclic) bond motifs is 1. The van der Waals surface area contributed by atoms with Crippen LogP contribution in [0.5, 0.6) is 5.75 Å². The number of hydrogen-bond acceptors (Lipinski definition) is 5. The Bertz CT molecular complexity index is 953. The van der Waals surface area contributed by atoms with Gasteiger partial charge in [-0.2, -0.15) is 5.10 Å². The van der Waals surface area contributed by atoms with Crippen LogP contribution < -0.4 is 4.74 Å². The first kappa shape index (κ1) is 21.8. The molecule has 0 atom stereocenters. The molecular weight excluding hydrogens is 376 g/mol. The number of esters is 1. The molecule has 1 aromatic heterocycles. The number of carbonyl (C=O) groups is 1. The lowest BCUT2D eigenvalue weighted by Gasteiger charge is -2.32. The van der Waals surface area contributed by atoms with Crippen LogP contribution in [-0.2, 0) is 21.4 Å². The predicted molar refractivity (Wildman–Crippen MR) is 117 cm³/mol. The number of nitrogens with zero attached hydrogens (tertiary/aromatic N) is 2. The third-order valence-electron chi connectivity index (χ3n) is 5.45. The number of benzene rings is 1. The lowest BCUT2D eigenvalue weighted by atomic mass is 9.78. The van der Waals surface area contributed by atoms with Crippen molar-refractivity contribution < 1.29 is 14.3 Å². The summed E-state index contributed by atoms with van der Waals surface area (Å²) >= 11 is 0. The van der Waals surface area contributed by atoms with E-state index in [2.05, 4.69) is 54.9 Å². The summed E-state index contributed by atoms with van der Waals surface area (Å²) in [4.78, 5) is 11.4. The fourth-order valence-electron chi connectivity index (χ4n) is 3.52. The maximum Gasteiger partial charge on any atom is 0.305 e. The van der Waals surface area contributed by atoms with Crippen molar-refractivity contribution in [3.8, 4) is 17.6 Å². The van der Waals surface area contributed by atoms with Gasteiger partial charge in [0.15, 0.2) is 0 Å². The molecule has 0 saturated heterocycles. The smallest absolute Gasteiger partial charge is 0.305 e. The monoisotopic (exact) mass is 406 g/mol. The molecule has 30 heavy (non-hydrogen) atoms. The van der Waals surface area contributed by atoms with Crippen LogP contribution in [-0.4, -0.2) is 29.4 Å². The highest BCUT2D eigenvalue weighted by atomic mass is 16.5. The fourth-order valence-corrected chi connectivity index (χ4v) is 3.52. The van der Waals surface area contributed by atoms with Crippen LogP contribution in [0.2, 0.25) is 0 Å². The Morgan fingerprint density at radius 2 is 2.03 bits per heavy atom. The van der Waals surface area contributed by atoms with Gasteiger partial charge in [-0.15, -0.1) is 5.10 Å². The molecule has 0 bridgehead atoms. The van der Waals surface area contributed by atoms with E-state index < -0.39 is 0 Å². The normalized spacial score (nSPS) is 14.1. The van der Waals surface area contributed by atoms with Crippen molar-refractivity contribution in [1.29, 1.82) is 0 Å². The topological polar surface area (TPSA) is 61.3 Å². The molecule has 2 aromatic rings. The van der Waals surface area contributed by atoms with Crippen molar-refractivity contribution in [3.63, 3.8) is 0 Å². The first-order valence-corrected chi connectivity index (χ1v) is 10.7. The summed E-state index contributed by atoms with van der Waals surface area (Å²) in [5.74, 6) is 7.22. The molecule has 0 fully saturated rings. The zero-order valence-corrected chi connectivity index (χ0v) is 18.4. The quantitative estimate of drug-likeness (QED) is 0.401. The molecule has 5 nitrogen and oxygen atoms in total. The Morgan fingerprint density at radius 1 is 1.20 bits per heavy atom. The van der Waals surface area contributed by atoms with Crippen LogP contribution in [0.4, 0.5) is 0 Å². The van der Waals surface area contributed by atoms with Crippen LogP contribution in [0.15, 0.2) is 24.3 Å². The van der Waals surface area contributed by atoms with Gasteiger partial charge in [-0.05, 0) is 80.7 Å². The zero-order valence-electron chi connectivity index (χ0n) is 18.4. The summed E-state index contributed by atoms with van der Waals surface area (Å²) < 4.78 is 10.8. The Labute approximate surface area is 179 Å². The van der Waals surface area contributed by atoms with Gasteiger partial charge in [0, 0.05) is 17.5 Å². The number of carbonyl (C=O) groups excluding carboxylic acids is 1. The Kier molecular flexibility index (Phi) is 7.10. The minimum Gasteiger partial charge on any atom is -0.493 e. The van der Waals surface area contributed by atoms with Crippen molar-refractivity contribution in [2.45, 2.75) is 65.2 Å². The maximum atomic E-state index is 11.4. The molecule has 0 spiro atoms. The minimum absolute atomic E-state index is 0.0897. The van der Waals surface area contributed by atoms with E-state index in [-0.39, 0.29) is 11.4 Å². The second-order valence-electron chi connectivity index (χ2n) is 8.32. The highest BCUT2D eigenvalue weighted by molar-refractivity contribution is 5.69. The van der Waals surface area contributed by atoms with E-state index in [0.29, 0.717) is 18.7 Å². The Hall–Kier alpha value is -2.87. The van der Waals surface area contributed by atoms with Gasteiger partial charge < -0.3 is 9.47 Å². The highest BCUT2D eigenvalue weighted by Crippen LogP contribution is 2.39. The third kappa shape index (κ3) is 5.60. The van der Waals surface area contributed by atoms with Crippen LogP contribution in [0.1, 0.15) is 74.5 Å². The molecule has 0 amide bonds. The number of rotatable bonds is 6. The van der Waals surface area contributed by atoms with E-state index in [0.717, 1.165) is 54.9 Å². The van der Waals surface area contributed by atoms with E-state index in [4.69, 9.17) is 9.47 Å². The van der Waals surface area contributed by atoms with Gasteiger partial charge in [-0.3, -0.25) is 4.79 Å². The van der Waals surface area contributed by atoms with E-state index in [1.165, 1.54) is 5.56 Å². The Morgan fingerprint density at radius 3 is 2.77 bits per heavy atom. The third-order valence-corrected chi connectivity index (χ3v) is 5.45. The average Bonchev–Trinajstić information content (AvgIpc) is 2.71. The van der Waals surface area contributed by atoms with Gasteiger partial charge in [-0.1, -0.05) is 19.8 Å². The zero-order chi connectivity index (χ0) is 21.6. The summed E-state index contributed by atoms with van der Waals surface area (Å²) in [7, 11) is 0.